The number of aryl methyl sites for hydroxylation is 1. The maximum Gasteiger partial charge on any atom is 0.356 e. The zero-order chi connectivity index (χ0) is 12.9. The second-order valence-corrected chi connectivity index (χ2v) is 4.01. The normalized spacial score (nSPS) is 11.2. The number of rotatable bonds is 1. The number of aromatic nitrogens is 3. The maximum absolute atomic E-state index is 11.8. The number of benzene rings is 1. The molecule has 18 heavy (non-hydrogen) atoms. The Hall–Kier alpha value is -2.63. The molecule has 90 valence electrons. The van der Waals surface area contributed by atoms with Crippen molar-refractivity contribution in [1.82, 2.24) is 14.6 Å². The van der Waals surface area contributed by atoms with E-state index >= 15 is 0 Å². The van der Waals surface area contributed by atoms with Gasteiger partial charge >= 0.3 is 11.7 Å². The molecule has 0 radical (unpaired) electrons. The number of carboxylic acids is 1. The average Bonchev–Trinajstić information content (AvgIpc) is 2.69. The molecule has 0 aliphatic carbocycles. The first-order valence-corrected chi connectivity index (χ1v) is 5.33. The number of H-pyrrole nitrogens is 1. The summed E-state index contributed by atoms with van der Waals surface area (Å²) < 4.78 is 1.10. The first-order chi connectivity index (χ1) is 8.59. The topological polar surface area (TPSA) is 87.5 Å². The van der Waals surface area contributed by atoms with Crippen LogP contribution in [0.4, 0.5) is 0 Å². The Balaban J connectivity index is 2.63. The number of hydrogen-bond donors (Lipinski definition) is 2. The number of aromatic amines is 1. The van der Waals surface area contributed by atoms with Crippen LogP contribution in [0.15, 0.2) is 29.1 Å². The number of carboxylic acid groups (broad SMARTS) is 1. The monoisotopic (exact) mass is 243 g/mol. The standard InChI is InChI=1S/C12H9N3O3/c1-6-9(11(16)17)14-15-10(6)7-4-2-3-5-8(7)13-12(15)18/h2-5H,1H3,(H,13,18)(H,16,17). The van der Waals surface area contributed by atoms with Gasteiger partial charge in [-0.3, -0.25) is 0 Å². The molecule has 0 bridgehead atoms. The van der Waals surface area contributed by atoms with E-state index in [0.717, 1.165) is 9.90 Å². The summed E-state index contributed by atoms with van der Waals surface area (Å²) in [6.07, 6.45) is 0. The third-order valence-corrected chi connectivity index (χ3v) is 2.94. The molecule has 6 nitrogen and oxygen atoms in total. The van der Waals surface area contributed by atoms with Gasteiger partial charge < -0.3 is 10.1 Å². The van der Waals surface area contributed by atoms with Crippen LogP contribution in [0.5, 0.6) is 0 Å². The minimum absolute atomic E-state index is 0.100. The van der Waals surface area contributed by atoms with Crippen molar-refractivity contribution in [2.75, 3.05) is 0 Å². The maximum atomic E-state index is 11.8. The summed E-state index contributed by atoms with van der Waals surface area (Å²) >= 11 is 0. The molecule has 0 fully saturated rings. The second kappa shape index (κ2) is 3.43. The Labute approximate surface area is 100 Å². The number of nitrogens with one attached hydrogen (secondary N) is 1. The molecule has 0 aliphatic rings. The molecule has 3 rings (SSSR count). The van der Waals surface area contributed by atoms with E-state index in [1.165, 1.54) is 0 Å². The predicted octanol–water partition coefficient (Wildman–Crippen LogP) is 1.18. The van der Waals surface area contributed by atoms with Gasteiger partial charge in [-0.25, -0.2) is 9.59 Å². The van der Waals surface area contributed by atoms with Crippen LogP contribution in [0.25, 0.3) is 16.4 Å². The molecule has 0 saturated heterocycles. The molecular formula is C12H9N3O3. The summed E-state index contributed by atoms with van der Waals surface area (Å²) in [6.45, 7) is 1.65. The highest BCUT2D eigenvalue weighted by atomic mass is 16.4. The Bertz CT molecular complexity index is 845. The molecule has 0 unspecified atom stereocenters. The number of para-hydroxylation sites is 1. The number of aromatic carboxylic acids is 1. The van der Waals surface area contributed by atoms with Crippen molar-refractivity contribution in [1.29, 1.82) is 0 Å². The highest BCUT2D eigenvalue weighted by Gasteiger charge is 2.18. The summed E-state index contributed by atoms with van der Waals surface area (Å²) in [6, 6.07) is 7.22. The van der Waals surface area contributed by atoms with E-state index in [2.05, 4.69) is 10.1 Å². The van der Waals surface area contributed by atoms with Crippen LogP contribution >= 0.6 is 0 Å². The van der Waals surface area contributed by atoms with Crippen molar-refractivity contribution in [3.05, 3.63) is 46.0 Å². The van der Waals surface area contributed by atoms with Crippen LogP contribution in [-0.4, -0.2) is 25.7 Å². The van der Waals surface area contributed by atoms with Gasteiger partial charge in [0, 0.05) is 10.9 Å². The SMILES string of the molecule is Cc1c(C(=O)O)nn2c(=O)[nH]c3ccccc3c12. The minimum atomic E-state index is -1.14. The van der Waals surface area contributed by atoms with E-state index in [9.17, 15) is 9.59 Å². The molecule has 0 amide bonds. The first kappa shape index (κ1) is 10.5. The third kappa shape index (κ3) is 1.26. The van der Waals surface area contributed by atoms with E-state index in [1.54, 1.807) is 19.1 Å². The number of nitrogens with zero attached hydrogens (tertiary/aromatic N) is 2. The summed E-state index contributed by atoms with van der Waals surface area (Å²) in [5.41, 5.74) is 1.14. The van der Waals surface area contributed by atoms with Gasteiger partial charge in [-0.1, -0.05) is 18.2 Å². The van der Waals surface area contributed by atoms with Gasteiger partial charge in [0.05, 0.1) is 11.0 Å². The number of hydrogen-bond acceptors (Lipinski definition) is 3. The summed E-state index contributed by atoms with van der Waals surface area (Å²) in [5.74, 6) is -1.14. The predicted molar refractivity (Wildman–Crippen MR) is 65.0 cm³/mol. The van der Waals surface area contributed by atoms with Gasteiger partial charge in [-0.15, -0.1) is 0 Å². The molecule has 0 spiro atoms. The van der Waals surface area contributed by atoms with Crippen molar-refractivity contribution in [3.63, 3.8) is 0 Å². The Morgan fingerprint density at radius 2 is 2.11 bits per heavy atom. The quantitative estimate of drug-likeness (QED) is 0.671. The average molecular weight is 243 g/mol. The fraction of sp³-hybridized carbons (Fsp3) is 0.0833. The largest absolute Gasteiger partial charge is 0.476 e. The molecule has 2 aromatic heterocycles. The molecule has 3 aromatic rings. The highest BCUT2D eigenvalue weighted by Crippen LogP contribution is 2.21. The van der Waals surface area contributed by atoms with E-state index in [-0.39, 0.29) is 5.69 Å². The lowest BCUT2D eigenvalue weighted by Crippen LogP contribution is -2.17. The van der Waals surface area contributed by atoms with Gasteiger partial charge in [-0.05, 0) is 13.0 Å². The summed E-state index contributed by atoms with van der Waals surface area (Å²) in [7, 11) is 0. The van der Waals surface area contributed by atoms with Crippen LogP contribution in [0.2, 0.25) is 0 Å². The molecule has 0 saturated carbocycles. The van der Waals surface area contributed by atoms with Gasteiger partial charge in [0.15, 0.2) is 5.69 Å². The van der Waals surface area contributed by atoms with Gasteiger partial charge in [0.25, 0.3) is 0 Å². The van der Waals surface area contributed by atoms with E-state index < -0.39 is 11.7 Å². The van der Waals surface area contributed by atoms with E-state index in [4.69, 9.17) is 5.11 Å². The summed E-state index contributed by atoms with van der Waals surface area (Å²) in [5, 5.41) is 13.6. The minimum Gasteiger partial charge on any atom is -0.476 e. The molecule has 0 atom stereocenters. The van der Waals surface area contributed by atoms with Crippen molar-refractivity contribution in [3.8, 4) is 0 Å². The Kier molecular flexibility index (Phi) is 2.00. The molecule has 0 aliphatic heterocycles. The van der Waals surface area contributed by atoms with Crippen molar-refractivity contribution >= 4 is 22.4 Å². The fourth-order valence-electron chi connectivity index (χ4n) is 2.13. The third-order valence-electron chi connectivity index (χ3n) is 2.94. The Morgan fingerprint density at radius 1 is 1.39 bits per heavy atom. The van der Waals surface area contributed by atoms with Gasteiger partial charge in [0.1, 0.15) is 0 Å². The number of fused-ring (bicyclic) bond motifs is 3. The van der Waals surface area contributed by atoms with E-state index in [1.807, 2.05) is 12.1 Å². The van der Waals surface area contributed by atoms with Crippen LogP contribution in [0.3, 0.4) is 0 Å². The highest BCUT2D eigenvalue weighted by molar-refractivity contribution is 5.99. The van der Waals surface area contributed by atoms with Crippen LogP contribution in [0.1, 0.15) is 16.1 Å². The lowest BCUT2D eigenvalue weighted by molar-refractivity contribution is 0.0689. The second-order valence-electron chi connectivity index (χ2n) is 4.01. The smallest absolute Gasteiger partial charge is 0.356 e. The molecule has 2 N–H and O–H groups in total. The zero-order valence-corrected chi connectivity index (χ0v) is 9.47. The van der Waals surface area contributed by atoms with Crippen molar-refractivity contribution in [2.24, 2.45) is 0 Å². The summed E-state index contributed by atoms with van der Waals surface area (Å²) in [4.78, 5) is 25.5. The van der Waals surface area contributed by atoms with Crippen LogP contribution < -0.4 is 5.69 Å². The zero-order valence-electron chi connectivity index (χ0n) is 9.47. The van der Waals surface area contributed by atoms with Crippen molar-refractivity contribution < 1.29 is 9.90 Å². The molecule has 2 heterocycles. The lowest BCUT2D eigenvalue weighted by atomic mass is 10.1. The van der Waals surface area contributed by atoms with Crippen LogP contribution in [-0.2, 0) is 0 Å². The molecule has 1 aromatic carbocycles. The van der Waals surface area contributed by atoms with Crippen molar-refractivity contribution in [2.45, 2.75) is 6.92 Å². The van der Waals surface area contributed by atoms with Crippen LogP contribution in [0, 0.1) is 6.92 Å². The van der Waals surface area contributed by atoms with E-state index in [0.29, 0.717) is 16.6 Å². The van der Waals surface area contributed by atoms with Gasteiger partial charge in [0.2, 0.25) is 0 Å². The fourth-order valence-corrected chi connectivity index (χ4v) is 2.13. The first-order valence-electron chi connectivity index (χ1n) is 5.33. The molecular weight excluding hydrogens is 234 g/mol. The van der Waals surface area contributed by atoms with Gasteiger partial charge in [-0.2, -0.15) is 9.61 Å². The molecule has 6 heteroatoms. The number of carbonyl (C=O) groups is 1. The Morgan fingerprint density at radius 3 is 2.83 bits per heavy atom. The lowest BCUT2D eigenvalue weighted by Gasteiger charge is -2.00.